The SMILES string of the molecule is CCCCCC/C=C\C=C/CCCCCCCC(=O)O[C@H](COC(=O)CCCCCCCCC(C)C)COP(=O)(O)OC[C@H](O)COP(=O)(O)OC[C@@H](COC(=O)CCCCCCCCCCCCCCC(C)C)OC(=O)CCCCCCCCCCCCCC(C)C. The Morgan fingerprint density at radius 2 is 0.581 bits per heavy atom. The van der Waals surface area contributed by atoms with Crippen molar-refractivity contribution in [2.75, 3.05) is 39.6 Å². The lowest BCUT2D eigenvalue weighted by atomic mass is 10.0. The number of hydrogen-bond acceptors (Lipinski definition) is 15. The molecular weight excluding hydrogens is 1220 g/mol. The molecule has 0 heterocycles. The van der Waals surface area contributed by atoms with E-state index >= 15 is 0 Å². The Kier molecular flexibility index (Phi) is 62.5. The molecular formula is C74H140O17P2. The summed E-state index contributed by atoms with van der Waals surface area (Å²) in [6.45, 7) is 11.7. The van der Waals surface area contributed by atoms with Gasteiger partial charge >= 0.3 is 39.5 Å². The van der Waals surface area contributed by atoms with Crippen molar-refractivity contribution in [1.82, 2.24) is 0 Å². The molecule has 19 heteroatoms. The van der Waals surface area contributed by atoms with Gasteiger partial charge in [0.15, 0.2) is 12.2 Å². The monoisotopic (exact) mass is 1360 g/mol. The lowest BCUT2D eigenvalue weighted by Crippen LogP contribution is -2.30. The normalized spacial score (nSPS) is 14.3. The third-order valence-electron chi connectivity index (χ3n) is 16.5. The molecule has 0 fully saturated rings. The van der Waals surface area contributed by atoms with E-state index in [1.807, 2.05) is 0 Å². The Morgan fingerprint density at radius 3 is 0.871 bits per heavy atom. The summed E-state index contributed by atoms with van der Waals surface area (Å²) in [6, 6.07) is 0. The van der Waals surface area contributed by atoms with Crippen LogP contribution in [-0.4, -0.2) is 96.7 Å². The van der Waals surface area contributed by atoms with Crippen molar-refractivity contribution in [2.45, 2.75) is 369 Å². The van der Waals surface area contributed by atoms with E-state index < -0.39 is 97.5 Å². The maximum atomic E-state index is 13.1. The molecule has 0 amide bonds. The first-order valence-corrected chi connectivity index (χ1v) is 40.7. The van der Waals surface area contributed by atoms with E-state index in [1.165, 1.54) is 141 Å². The highest BCUT2D eigenvalue weighted by atomic mass is 31.2. The van der Waals surface area contributed by atoms with Gasteiger partial charge in [0.2, 0.25) is 0 Å². The standard InChI is InChI=1S/C74H140O17P2/c1-8-9-10-11-12-13-14-15-16-17-24-29-34-43-50-57-73(78)91-70(62-85-72(77)56-49-42-37-36-40-47-54-67(6)7)64-89-93(82,83)87-60-68(75)59-86-92(80,81)88-63-69(90-74(79)58-51-44-35-30-25-20-22-27-32-39-46-53-66(4)5)61-84-71(76)55-48-41-33-28-23-19-18-21-26-31-38-45-52-65(2)3/h13-16,65-70,75H,8-12,17-64H2,1-7H3,(H,80,81)(H,82,83)/b14-13-,16-15-/t68-,69-,70-/m1/s1. The van der Waals surface area contributed by atoms with Crippen LogP contribution in [0.25, 0.3) is 0 Å². The summed E-state index contributed by atoms with van der Waals surface area (Å²) in [7, 11) is -9.92. The highest BCUT2D eigenvalue weighted by molar-refractivity contribution is 7.47. The number of carbonyl (C=O) groups is 4. The van der Waals surface area contributed by atoms with E-state index in [0.717, 1.165) is 121 Å². The van der Waals surface area contributed by atoms with Gasteiger partial charge in [-0.05, 0) is 69.1 Å². The molecule has 5 atom stereocenters. The molecule has 0 aliphatic carbocycles. The summed E-state index contributed by atoms with van der Waals surface area (Å²) >= 11 is 0. The van der Waals surface area contributed by atoms with Crippen LogP contribution in [0.3, 0.4) is 0 Å². The zero-order chi connectivity index (χ0) is 68.7. The second-order valence-electron chi connectivity index (χ2n) is 27.4. The number of ether oxygens (including phenoxy) is 4. The van der Waals surface area contributed by atoms with Crippen LogP contribution in [0.4, 0.5) is 0 Å². The highest BCUT2D eigenvalue weighted by Crippen LogP contribution is 2.45. The third kappa shape index (κ3) is 67.9. The molecule has 0 saturated carbocycles. The molecule has 0 aromatic carbocycles. The van der Waals surface area contributed by atoms with Crippen molar-refractivity contribution in [2.24, 2.45) is 17.8 Å². The molecule has 0 aromatic heterocycles. The largest absolute Gasteiger partial charge is 0.472 e. The fourth-order valence-corrected chi connectivity index (χ4v) is 12.3. The summed E-state index contributed by atoms with van der Waals surface area (Å²) < 4.78 is 68.4. The van der Waals surface area contributed by atoms with Crippen molar-refractivity contribution >= 4 is 39.5 Å². The Hall–Kier alpha value is -2.46. The molecule has 0 rings (SSSR count). The molecule has 0 saturated heterocycles. The minimum absolute atomic E-state index is 0.0836. The number of aliphatic hydroxyl groups excluding tert-OH is 1. The van der Waals surface area contributed by atoms with Crippen LogP contribution in [0.2, 0.25) is 0 Å². The first-order chi connectivity index (χ1) is 44.7. The summed E-state index contributed by atoms with van der Waals surface area (Å²) in [5, 5.41) is 10.6. The maximum absolute atomic E-state index is 13.1. The van der Waals surface area contributed by atoms with E-state index in [9.17, 15) is 43.2 Å². The third-order valence-corrected chi connectivity index (χ3v) is 18.4. The van der Waals surface area contributed by atoms with Gasteiger partial charge in [-0.2, -0.15) is 0 Å². The van der Waals surface area contributed by atoms with Gasteiger partial charge in [0.1, 0.15) is 19.3 Å². The molecule has 3 N–H and O–H groups in total. The van der Waals surface area contributed by atoms with Gasteiger partial charge in [0.25, 0.3) is 0 Å². The minimum Gasteiger partial charge on any atom is -0.462 e. The van der Waals surface area contributed by atoms with E-state index in [4.69, 9.17) is 37.0 Å². The van der Waals surface area contributed by atoms with Crippen LogP contribution in [0.15, 0.2) is 24.3 Å². The molecule has 93 heavy (non-hydrogen) atoms. The van der Waals surface area contributed by atoms with Gasteiger partial charge in [-0.3, -0.25) is 37.3 Å². The van der Waals surface area contributed by atoms with E-state index in [2.05, 4.69) is 72.8 Å². The van der Waals surface area contributed by atoms with Gasteiger partial charge < -0.3 is 33.8 Å². The zero-order valence-corrected chi connectivity index (χ0v) is 62.0. The number of esters is 4. The Labute approximate surface area is 567 Å². The number of hydrogen-bond donors (Lipinski definition) is 3. The van der Waals surface area contributed by atoms with Crippen molar-refractivity contribution in [3.63, 3.8) is 0 Å². The lowest BCUT2D eigenvalue weighted by molar-refractivity contribution is -0.161. The fourth-order valence-electron chi connectivity index (χ4n) is 10.7. The minimum atomic E-state index is -4.96. The average Bonchev–Trinajstić information content (AvgIpc) is 1.75. The van der Waals surface area contributed by atoms with Crippen molar-refractivity contribution in [1.29, 1.82) is 0 Å². The van der Waals surface area contributed by atoms with Gasteiger partial charge in [-0.25, -0.2) is 9.13 Å². The van der Waals surface area contributed by atoms with Crippen LogP contribution in [-0.2, 0) is 65.4 Å². The number of carbonyl (C=O) groups excluding carboxylic acids is 4. The molecule has 0 aliphatic rings. The van der Waals surface area contributed by atoms with Crippen LogP contribution >= 0.6 is 15.6 Å². The van der Waals surface area contributed by atoms with Gasteiger partial charge in [-0.1, -0.05) is 297 Å². The van der Waals surface area contributed by atoms with Crippen LogP contribution < -0.4 is 0 Å². The quantitative estimate of drug-likeness (QED) is 0.0169. The Morgan fingerprint density at radius 1 is 0.333 bits per heavy atom. The second-order valence-corrected chi connectivity index (χ2v) is 30.3. The van der Waals surface area contributed by atoms with Crippen LogP contribution in [0, 0.1) is 17.8 Å². The summed E-state index contributed by atoms with van der Waals surface area (Å²) in [4.78, 5) is 72.7. The van der Waals surface area contributed by atoms with Crippen molar-refractivity contribution in [3.8, 4) is 0 Å². The van der Waals surface area contributed by atoms with Crippen LogP contribution in [0.5, 0.6) is 0 Å². The topological polar surface area (TPSA) is 237 Å². The summed E-state index contributed by atoms with van der Waals surface area (Å²) in [5.41, 5.74) is 0. The van der Waals surface area contributed by atoms with E-state index in [-0.39, 0.29) is 25.7 Å². The number of rotatable bonds is 70. The Bertz CT molecular complexity index is 1910. The molecule has 0 spiro atoms. The molecule has 0 aromatic rings. The zero-order valence-electron chi connectivity index (χ0n) is 60.2. The highest BCUT2D eigenvalue weighted by Gasteiger charge is 2.30. The molecule has 17 nitrogen and oxygen atoms in total. The van der Waals surface area contributed by atoms with E-state index in [1.54, 1.807) is 0 Å². The number of phosphoric ester groups is 2. The fraction of sp³-hybridized carbons (Fsp3) is 0.892. The number of unbranched alkanes of at least 4 members (excludes halogenated alkanes) is 35. The average molecular weight is 1360 g/mol. The number of aliphatic hydroxyl groups is 1. The maximum Gasteiger partial charge on any atom is 0.472 e. The van der Waals surface area contributed by atoms with Gasteiger partial charge in [0.05, 0.1) is 26.4 Å². The predicted molar refractivity (Wildman–Crippen MR) is 377 cm³/mol. The number of allylic oxidation sites excluding steroid dienone is 4. The number of phosphoric acid groups is 2. The first-order valence-electron chi connectivity index (χ1n) is 37.7. The summed E-state index contributed by atoms with van der Waals surface area (Å²) in [5.74, 6) is 0.0670. The predicted octanol–water partition coefficient (Wildman–Crippen LogP) is 21.0. The lowest BCUT2D eigenvalue weighted by Gasteiger charge is -2.21. The van der Waals surface area contributed by atoms with Crippen LogP contribution in [0.1, 0.15) is 350 Å². The van der Waals surface area contributed by atoms with Crippen molar-refractivity contribution in [3.05, 3.63) is 24.3 Å². The second kappa shape index (κ2) is 64.2. The molecule has 0 bridgehead atoms. The molecule has 548 valence electrons. The molecule has 0 aliphatic heterocycles. The van der Waals surface area contributed by atoms with Gasteiger partial charge in [-0.15, -0.1) is 0 Å². The first kappa shape index (κ1) is 90.5. The van der Waals surface area contributed by atoms with Crippen molar-refractivity contribution < 1.29 is 80.2 Å². The van der Waals surface area contributed by atoms with E-state index in [0.29, 0.717) is 31.6 Å². The van der Waals surface area contributed by atoms with Gasteiger partial charge in [0, 0.05) is 25.7 Å². The smallest absolute Gasteiger partial charge is 0.462 e. The molecule has 0 radical (unpaired) electrons. The Balaban J connectivity index is 5.28. The summed E-state index contributed by atoms with van der Waals surface area (Å²) in [6.07, 6.45) is 52.3. The molecule has 2 unspecified atom stereocenters.